The number of nitrogens with one attached hydrogen (secondary N) is 2. The number of benzene rings is 2. The third-order valence-electron chi connectivity index (χ3n) is 5.22. The number of amides is 1. The van der Waals surface area contributed by atoms with E-state index in [1.54, 1.807) is 0 Å². The van der Waals surface area contributed by atoms with E-state index in [1.807, 2.05) is 67.1 Å². The summed E-state index contributed by atoms with van der Waals surface area (Å²) in [6.07, 6.45) is 1.76. The fourth-order valence-corrected chi connectivity index (χ4v) is 4.79. The smallest absolute Gasteiger partial charge is 0.240 e. The minimum atomic E-state index is -0.444. The number of hydrogen-bond donors (Lipinski definition) is 2. The number of fused-ring (bicyclic) bond motifs is 1. The average molecular weight is 468 g/mol. The highest BCUT2D eigenvalue weighted by Gasteiger charge is 2.37. The maximum atomic E-state index is 13.4. The molecule has 0 radical (unpaired) electrons. The van der Waals surface area contributed by atoms with E-state index in [0.717, 1.165) is 35.7 Å². The lowest BCUT2D eigenvalue weighted by atomic mass is 10.0. The molecule has 0 unspecified atom stereocenters. The standard InChI is InChI=1S/C24H29N5O3S/c1-4-7-20-26-27-24-29(20)28-21(16-8-12-18(13-9-16)31-5-2)22(33-24)23(30)25-17-10-14-19(15-11-17)32-6-3/h8-15,21-22,28H,4-7H2,1-3H3,(H,25,30)/t21-,22+/m1/s1. The molecule has 174 valence electrons. The first-order valence-corrected chi connectivity index (χ1v) is 12.1. The molecule has 2 atom stereocenters. The van der Waals surface area contributed by atoms with Crippen molar-refractivity contribution >= 4 is 23.4 Å². The maximum absolute atomic E-state index is 13.4. The first-order valence-electron chi connectivity index (χ1n) is 11.3. The topological polar surface area (TPSA) is 90.3 Å². The Labute approximate surface area is 198 Å². The molecular weight excluding hydrogens is 438 g/mol. The Balaban J connectivity index is 1.60. The third kappa shape index (κ3) is 5.24. The van der Waals surface area contributed by atoms with Crippen LogP contribution in [-0.2, 0) is 11.2 Å². The fourth-order valence-electron chi connectivity index (χ4n) is 3.69. The van der Waals surface area contributed by atoms with Crippen LogP contribution in [0.2, 0.25) is 0 Å². The molecule has 0 fully saturated rings. The normalized spacial score (nSPS) is 17.1. The third-order valence-corrected chi connectivity index (χ3v) is 6.43. The van der Waals surface area contributed by atoms with Gasteiger partial charge in [0.15, 0.2) is 5.82 Å². The molecule has 0 spiro atoms. The average Bonchev–Trinajstić information content (AvgIpc) is 3.22. The number of nitrogens with zero attached hydrogens (tertiary/aromatic N) is 3. The van der Waals surface area contributed by atoms with Crippen LogP contribution < -0.4 is 20.2 Å². The lowest BCUT2D eigenvalue weighted by molar-refractivity contribution is -0.116. The zero-order chi connectivity index (χ0) is 23.2. The van der Waals surface area contributed by atoms with Crippen molar-refractivity contribution in [3.63, 3.8) is 0 Å². The zero-order valence-electron chi connectivity index (χ0n) is 19.1. The molecule has 0 aliphatic carbocycles. The van der Waals surface area contributed by atoms with Crippen LogP contribution in [0.15, 0.2) is 53.7 Å². The molecule has 1 aromatic heterocycles. The molecule has 9 heteroatoms. The summed E-state index contributed by atoms with van der Waals surface area (Å²) < 4.78 is 13.0. The fraction of sp³-hybridized carbons (Fsp3) is 0.375. The van der Waals surface area contributed by atoms with Crippen molar-refractivity contribution in [3.8, 4) is 11.5 Å². The quantitative estimate of drug-likeness (QED) is 0.481. The summed E-state index contributed by atoms with van der Waals surface area (Å²) in [6.45, 7) is 7.20. The van der Waals surface area contributed by atoms with Crippen LogP contribution in [0.5, 0.6) is 11.5 Å². The number of carbonyl (C=O) groups is 1. The number of anilines is 1. The lowest BCUT2D eigenvalue weighted by Gasteiger charge is -2.33. The van der Waals surface area contributed by atoms with E-state index in [-0.39, 0.29) is 11.9 Å². The summed E-state index contributed by atoms with van der Waals surface area (Å²) in [4.78, 5) is 13.4. The van der Waals surface area contributed by atoms with E-state index in [0.29, 0.717) is 24.1 Å². The molecule has 2 heterocycles. The molecule has 1 aliphatic heterocycles. The SMILES string of the molecule is CCCc1nnc2n1N[C@H](c1ccc(OCC)cc1)[C@@H](C(=O)Nc1ccc(OCC)cc1)S2. The Morgan fingerprint density at radius 1 is 1.00 bits per heavy atom. The van der Waals surface area contributed by atoms with Gasteiger partial charge in [-0.1, -0.05) is 30.8 Å². The van der Waals surface area contributed by atoms with Crippen LogP contribution in [0, 0.1) is 0 Å². The first kappa shape index (κ1) is 23.0. The van der Waals surface area contributed by atoms with Crippen LogP contribution in [0.25, 0.3) is 0 Å². The molecule has 8 nitrogen and oxygen atoms in total. The number of ether oxygens (including phenoxy) is 2. The highest BCUT2D eigenvalue weighted by molar-refractivity contribution is 8.00. The van der Waals surface area contributed by atoms with Gasteiger partial charge in [0.25, 0.3) is 0 Å². The van der Waals surface area contributed by atoms with Crippen molar-refractivity contribution < 1.29 is 14.3 Å². The van der Waals surface area contributed by atoms with E-state index >= 15 is 0 Å². The number of hydrogen-bond acceptors (Lipinski definition) is 7. The van der Waals surface area contributed by atoms with Crippen molar-refractivity contribution in [3.05, 3.63) is 59.9 Å². The predicted octanol–water partition coefficient (Wildman–Crippen LogP) is 4.43. The first-order chi connectivity index (χ1) is 16.1. The van der Waals surface area contributed by atoms with Gasteiger partial charge in [-0.15, -0.1) is 10.2 Å². The second-order valence-electron chi connectivity index (χ2n) is 7.58. The summed E-state index contributed by atoms with van der Waals surface area (Å²) in [5.74, 6) is 2.33. The van der Waals surface area contributed by atoms with Crippen molar-refractivity contribution in [2.45, 2.75) is 50.1 Å². The van der Waals surface area contributed by atoms with Crippen LogP contribution in [-0.4, -0.2) is 39.2 Å². The van der Waals surface area contributed by atoms with Crippen molar-refractivity contribution in [1.82, 2.24) is 14.9 Å². The zero-order valence-corrected chi connectivity index (χ0v) is 19.9. The van der Waals surface area contributed by atoms with Gasteiger partial charge in [0.05, 0.1) is 19.3 Å². The summed E-state index contributed by atoms with van der Waals surface area (Å²) in [7, 11) is 0. The molecule has 2 aromatic carbocycles. The summed E-state index contributed by atoms with van der Waals surface area (Å²) in [6, 6.07) is 15.0. The van der Waals surface area contributed by atoms with Crippen molar-refractivity contribution in [2.24, 2.45) is 0 Å². The largest absolute Gasteiger partial charge is 0.494 e. The van der Waals surface area contributed by atoms with Crippen LogP contribution in [0.4, 0.5) is 5.69 Å². The Hall–Kier alpha value is -3.20. The second kappa shape index (κ2) is 10.6. The summed E-state index contributed by atoms with van der Waals surface area (Å²) in [5, 5.41) is 11.9. The Morgan fingerprint density at radius 3 is 2.24 bits per heavy atom. The highest BCUT2D eigenvalue weighted by Crippen LogP contribution is 2.38. The highest BCUT2D eigenvalue weighted by atomic mass is 32.2. The Bertz CT molecular complexity index is 1070. The van der Waals surface area contributed by atoms with E-state index in [1.165, 1.54) is 11.8 Å². The van der Waals surface area contributed by atoms with E-state index in [2.05, 4.69) is 27.9 Å². The van der Waals surface area contributed by atoms with Gasteiger partial charge < -0.3 is 20.2 Å². The van der Waals surface area contributed by atoms with Gasteiger partial charge in [-0.3, -0.25) is 4.79 Å². The monoisotopic (exact) mass is 467 g/mol. The lowest BCUT2D eigenvalue weighted by Crippen LogP contribution is -2.41. The molecule has 33 heavy (non-hydrogen) atoms. The number of aryl methyl sites for hydroxylation is 1. The molecule has 0 bridgehead atoms. The van der Waals surface area contributed by atoms with Gasteiger partial charge in [-0.25, -0.2) is 4.68 Å². The molecule has 3 aromatic rings. The maximum Gasteiger partial charge on any atom is 0.240 e. The van der Waals surface area contributed by atoms with E-state index in [4.69, 9.17) is 9.47 Å². The van der Waals surface area contributed by atoms with Gasteiger partial charge in [-0.2, -0.15) is 0 Å². The van der Waals surface area contributed by atoms with Gasteiger partial charge >= 0.3 is 0 Å². The number of carbonyl (C=O) groups excluding carboxylic acids is 1. The second-order valence-corrected chi connectivity index (χ2v) is 8.69. The predicted molar refractivity (Wildman–Crippen MR) is 130 cm³/mol. The van der Waals surface area contributed by atoms with Gasteiger partial charge in [0, 0.05) is 12.1 Å². The van der Waals surface area contributed by atoms with Gasteiger partial charge in [0.1, 0.15) is 16.7 Å². The van der Waals surface area contributed by atoms with Crippen molar-refractivity contribution in [2.75, 3.05) is 24.0 Å². The molecule has 0 saturated heterocycles. The Morgan fingerprint density at radius 2 is 1.64 bits per heavy atom. The number of rotatable bonds is 9. The summed E-state index contributed by atoms with van der Waals surface area (Å²) >= 11 is 1.42. The number of thioether (sulfide) groups is 1. The van der Waals surface area contributed by atoms with Crippen LogP contribution >= 0.6 is 11.8 Å². The minimum absolute atomic E-state index is 0.109. The summed E-state index contributed by atoms with van der Waals surface area (Å²) in [5.41, 5.74) is 5.19. The number of aromatic nitrogens is 3. The van der Waals surface area contributed by atoms with Gasteiger partial charge in [0.2, 0.25) is 11.1 Å². The molecule has 2 N–H and O–H groups in total. The molecule has 0 saturated carbocycles. The molecular formula is C24H29N5O3S. The minimum Gasteiger partial charge on any atom is -0.494 e. The van der Waals surface area contributed by atoms with Crippen LogP contribution in [0.1, 0.15) is 44.6 Å². The van der Waals surface area contributed by atoms with E-state index < -0.39 is 5.25 Å². The molecule has 1 aliphatic rings. The van der Waals surface area contributed by atoms with Crippen molar-refractivity contribution in [1.29, 1.82) is 0 Å². The van der Waals surface area contributed by atoms with Gasteiger partial charge in [-0.05, 0) is 62.2 Å². The van der Waals surface area contributed by atoms with E-state index in [9.17, 15) is 4.79 Å². The Kier molecular flexibility index (Phi) is 7.39. The molecule has 4 rings (SSSR count). The molecule has 1 amide bonds. The van der Waals surface area contributed by atoms with Crippen LogP contribution in [0.3, 0.4) is 0 Å².